The van der Waals surface area contributed by atoms with E-state index in [2.05, 4.69) is 6.07 Å². The van der Waals surface area contributed by atoms with Gasteiger partial charge in [0, 0.05) is 17.0 Å². The number of esters is 1. The van der Waals surface area contributed by atoms with Gasteiger partial charge in [-0.3, -0.25) is 0 Å². The standard InChI is InChI=1S/C26H20O5/c27-25-15-20(23-13-18-5-4-6-19(18)14-24(23)31-25)16-29-26(28)17-9-11-22(12-10-17)30-21-7-2-1-3-8-21/h1-3,7-15H,4-6,16H2. The van der Waals surface area contributed by atoms with E-state index in [9.17, 15) is 9.59 Å². The van der Waals surface area contributed by atoms with Gasteiger partial charge < -0.3 is 13.9 Å². The van der Waals surface area contributed by atoms with Gasteiger partial charge in [-0.25, -0.2) is 9.59 Å². The van der Waals surface area contributed by atoms with Gasteiger partial charge in [0.1, 0.15) is 23.7 Å². The van der Waals surface area contributed by atoms with Gasteiger partial charge in [-0.1, -0.05) is 18.2 Å². The lowest BCUT2D eigenvalue weighted by atomic mass is 10.0. The van der Waals surface area contributed by atoms with Crippen molar-refractivity contribution in [3.05, 3.63) is 105 Å². The Labute approximate surface area is 178 Å². The lowest BCUT2D eigenvalue weighted by molar-refractivity contribution is 0.0474. The summed E-state index contributed by atoms with van der Waals surface area (Å²) in [6, 6.07) is 21.6. The number of aryl methyl sites for hydroxylation is 2. The molecule has 4 aromatic rings. The average molecular weight is 412 g/mol. The number of ether oxygens (including phenoxy) is 2. The Morgan fingerprint density at radius 1 is 0.871 bits per heavy atom. The molecule has 1 aliphatic rings. The second-order valence-electron chi connectivity index (χ2n) is 7.58. The van der Waals surface area contributed by atoms with Crippen molar-refractivity contribution >= 4 is 16.9 Å². The number of hydrogen-bond donors (Lipinski definition) is 0. The minimum atomic E-state index is -0.464. The number of carbonyl (C=O) groups is 1. The van der Waals surface area contributed by atoms with Crippen LogP contribution >= 0.6 is 0 Å². The Morgan fingerprint density at radius 2 is 1.58 bits per heavy atom. The van der Waals surface area contributed by atoms with E-state index in [1.165, 1.54) is 17.2 Å². The molecule has 0 radical (unpaired) electrons. The summed E-state index contributed by atoms with van der Waals surface area (Å²) in [5.74, 6) is 0.885. The quantitative estimate of drug-likeness (QED) is 0.323. The van der Waals surface area contributed by atoms with Gasteiger partial charge in [0.2, 0.25) is 0 Å². The summed E-state index contributed by atoms with van der Waals surface area (Å²) in [5, 5.41) is 0.819. The molecule has 0 atom stereocenters. The number of hydrogen-bond acceptors (Lipinski definition) is 5. The Hall–Kier alpha value is -3.86. The van der Waals surface area contributed by atoms with Crippen LogP contribution in [0.1, 0.15) is 33.5 Å². The largest absolute Gasteiger partial charge is 0.457 e. The van der Waals surface area contributed by atoms with Crippen LogP contribution in [0.2, 0.25) is 0 Å². The highest BCUT2D eigenvalue weighted by Crippen LogP contribution is 2.29. The fourth-order valence-corrected chi connectivity index (χ4v) is 3.92. The smallest absolute Gasteiger partial charge is 0.338 e. The van der Waals surface area contributed by atoms with Crippen molar-refractivity contribution in [3.8, 4) is 11.5 Å². The van der Waals surface area contributed by atoms with Crippen LogP contribution in [-0.2, 0) is 24.2 Å². The van der Waals surface area contributed by atoms with Crippen LogP contribution in [-0.4, -0.2) is 5.97 Å². The highest BCUT2D eigenvalue weighted by atomic mass is 16.5. The molecule has 5 heteroatoms. The third-order valence-electron chi connectivity index (χ3n) is 5.47. The first-order valence-corrected chi connectivity index (χ1v) is 10.2. The zero-order valence-electron chi connectivity index (χ0n) is 16.8. The van der Waals surface area contributed by atoms with Crippen LogP contribution in [0.4, 0.5) is 0 Å². The fraction of sp³-hybridized carbons (Fsp3) is 0.154. The molecule has 31 heavy (non-hydrogen) atoms. The molecule has 3 aromatic carbocycles. The summed E-state index contributed by atoms with van der Waals surface area (Å²) >= 11 is 0. The van der Waals surface area contributed by atoms with Crippen molar-refractivity contribution in [1.82, 2.24) is 0 Å². The van der Waals surface area contributed by atoms with Crippen molar-refractivity contribution in [1.29, 1.82) is 0 Å². The fourth-order valence-electron chi connectivity index (χ4n) is 3.92. The third-order valence-corrected chi connectivity index (χ3v) is 5.47. The van der Waals surface area contributed by atoms with E-state index in [0.717, 1.165) is 30.4 Å². The monoisotopic (exact) mass is 412 g/mol. The van der Waals surface area contributed by atoms with Gasteiger partial charge in [0.05, 0.1) is 5.56 Å². The van der Waals surface area contributed by atoms with Crippen LogP contribution < -0.4 is 10.4 Å². The van der Waals surface area contributed by atoms with Gasteiger partial charge >= 0.3 is 11.6 Å². The maximum Gasteiger partial charge on any atom is 0.338 e. The summed E-state index contributed by atoms with van der Waals surface area (Å²) < 4.78 is 16.6. The Kier molecular flexibility index (Phi) is 5.00. The molecule has 0 N–H and O–H groups in total. The first-order valence-electron chi connectivity index (χ1n) is 10.2. The molecular weight excluding hydrogens is 392 g/mol. The van der Waals surface area contributed by atoms with E-state index >= 15 is 0 Å². The van der Waals surface area contributed by atoms with Gasteiger partial charge in [-0.05, 0) is 78.9 Å². The molecule has 5 nitrogen and oxygen atoms in total. The second-order valence-corrected chi connectivity index (χ2v) is 7.58. The zero-order valence-corrected chi connectivity index (χ0v) is 16.8. The first-order chi connectivity index (χ1) is 15.2. The average Bonchev–Trinajstić information content (AvgIpc) is 3.24. The number of benzene rings is 3. The summed E-state index contributed by atoms with van der Waals surface area (Å²) in [5.41, 5.74) is 3.65. The van der Waals surface area contributed by atoms with Crippen molar-refractivity contribution in [2.75, 3.05) is 0 Å². The van der Waals surface area contributed by atoms with Crippen LogP contribution in [0.25, 0.3) is 11.0 Å². The van der Waals surface area contributed by atoms with Crippen molar-refractivity contribution in [2.24, 2.45) is 0 Å². The highest BCUT2D eigenvalue weighted by molar-refractivity contribution is 5.90. The van der Waals surface area contributed by atoms with E-state index < -0.39 is 11.6 Å². The Balaban J connectivity index is 1.31. The molecule has 154 valence electrons. The van der Waals surface area contributed by atoms with Crippen LogP contribution in [0.3, 0.4) is 0 Å². The van der Waals surface area contributed by atoms with Crippen molar-refractivity contribution in [3.63, 3.8) is 0 Å². The molecule has 1 heterocycles. The molecule has 0 spiro atoms. The Morgan fingerprint density at radius 3 is 2.35 bits per heavy atom. The number of carbonyl (C=O) groups excluding carboxylic acids is 1. The number of rotatable bonds is 5. The predicted molar refractivity (Wildman–Crippen MR) is 117 cm³/mol. The van der Waals surface area contributed by atoms with E-state index in [0.29, 0.717) is 22.5 Å². The van der Waals surface area contributed by atoms with Crippen LogP contribution in [0.15, 0.2) is 82.0 Å². The second kappa shape index (κ2) is 8.11. The van der Waals surface area contributed by atoms with Crippen LogP contribution in [0.5, 0.6) is 11.5 Å². The van der Waals surface area contributed by atoms with E-state index in [1.54, 1.807) is 24.3 Å². The van der Waals surface area contributed by atoms with E-state index in [4.69, 9.17) is 13.9 Å². The molecule has 0 amide bonds. The molecule has 1 aromatic heterocycles. The molecule has 0 aliphatic heterocycles. The van der Waals surface area contributed by atoms with E-state index in [1.807, 2.05) is 36.4 Å². The maximum atomic E-state index is 12.5. The molecule has 0 bridgehead atoms. The molecule has 1 aliphatic carbocycles. The topological polar surface area (TPSA) is 65.7 Å². The van der Waals surface area contributed by atoms with Crippen molar-refractivity contribution in [2.45, 2.75) is 25.9 Å². The van der Waals surface area contributed by atoms with Gasteiger partial charge in [0.25, 0.3) is 0 Å². The van der Waals surface area contributed by atoms with Gasteiger partial charge in [-0.2, -0.15) is 0 Å². The Bertz CT molecular complexity index is 1300. The minimum absolute atomic E-state index is 0.00197. The zero-order chi connectivity index (χ0) is 21.2. The molecule has 0 fully saturated rings. The minimum Gasteiger partial charge on any atom is -0.457 e. The number of fused-ring (bicyclic) bond motifs is 2. The molecule has 0 saturated carbocycles. The molecule has 0 saturated heterocycles. The molecule has 5 rings (SSSR count). The van der Waals surface area contributed by atoms with Gasteiger partial charge in [-0.15, -0.1) is 0 Å². The molecular formula is C26H20O5. The highest BCUT2D eigenvalue weighted by Gasteiger charge is 2.16. The first kappa shape index (κ1) is 19.1. The maximum absolute atomic E-state index is 12.5. The lowest BCUT2D eigenvalue weighted by Gasteiger charge is -2.10. The molecule has 0 unspecified atom stereocenters. The van der Waals surface area contributed by atoms with Crippen LogP contribution in [0, 0.1) is 0 Å². The summed E-state index contributed by atoms with van der Waals surface area (Å²) in [6.07, 6.45) is 3.11. The SMILES string of the molecule is O=C(OCc1cc(=O)oc2cc3c(cc12)CCC3)c1ccc(Oc2ccccc2)cc1. The summed E-state index contributed by atoms with van der Waals surface area (Å²) in [7, 11) is 0. The van der Waals surface area contributed by atoms with Crippen molar-refractivity contribution < 1.29 is 18.7 Å². The predicted octanol–water partition coefficient (Wildman–Crippen LogP) is 5.43. The summed E-state index contributed by atoms with van der Waals surface area (Å²) in [6.45, 7) is 0.00197. The third kappa shape index (κ3) is 4.08. The normalized spacial score (nSPS) is 12.5. The van der Waals surface area contributed by atoms with E-state index in [-0.39, 0.29) is 6.61 Å². The summed E-state index contributed by atoms with van der Waals surface area (Å²) in [4.78, 5) is 24.5. The lowest BCUT2D eigenvalue weighted by Crippen LogP contribution is -2.08. The number of para-hydroxylation sites is 1. The van der Waals surface area contributed by atoms with Gasteiger partial charge in [0.15, 0.2) is 0 Å².